The lowest BCUT2D eigenvalue weighted by Crippen LogP contribution is -2.53. The number of esters is 1. The number of hydrogen-bond acceptors (Lipinski definition) is 6. The number of halogens is 2. The predicted molar refractivity (Wildman–Crippen MR) is 99.4 cm³/mol. The minimum absolute atomic E-state index is 0.0845. The first-order valence-corrected chi connectivity index (χ1v) is 10.5. The normalized spacial score (nSPS) is 23.0. The van der Waals surface area contributed by atoms with Crippen LogP contribution < -0.4 is 5.32 Å². The van der Waals surface area contributed by atoms with Crippen molar-refractivity contribution in [3.05, 3.63) is 28.2 Å². The van der Waals surface area contributed by atoms with Gasteiger partial charge in [0.05, 0.1) is 18.6 Å². The fraction of sp³-hybridized carbons (Fsp3) is 0.438. The summed E-state index contributed by atoms with van der Waals surface area (Å²) in [7, 11) is -2.96. The Morgan fingerprint density at radius 2 is 1.82 bits per heavy atom. The topological polar surface area (TPSA) is 113 Å². The minimum Gasteiger partial charge on any atom is -0.467 e. The number of urea groups is 1. The summed E-state index contributed by atoms with van der Waals surface area (Å²) in [6, 6.07) is 0.833. The maximum atomic E-state index is 13.1. The Morgan fingerprint density at radius 3 is 2.43 bits per heavy atom. The highest BCUT2D eigenvalue weighted by atomic mass is 35.5. The van der Waals surface area contributed by atoms with Crippen LogP contribution in [0.2, 0.25) is 10.0 Å². The zero-order valence-corrected chi connectivity index (χ0v) is 17.1. The summed E-state index contributed by atoms with van der Waals surface area (Å²) in [6.45, 7) is -0.0121. The summed E-state index contributed by atoms with van der Waals surface area (Å²) in [5.41, 5.74) is 0. The molecule has 0 unspecified atom stereocenters. The number of amides is 3. The van der Waals surface area contributed by atoms with Crippen molar-refractivity contribution in [3.63, 3.8) is 0 Å². The smallest absolute Gasteiger partial charge is 0.331 e. The molecule has 0 aromatic heterocycles. The molecule has 2 aliphatic heterocycles. The van der Waals surface area contributed by atoms with E-state index in [0.29, 0.717) is 6.42 Å². The van der Waals surface area contributed by atoms with Crippen molar-refractivity contribution in [2.24, 2.45) is 0 Å². The van der Waals surface area contributed by atoms with Crippen LogP contribution in [0.4, 0.5) is 4.79 Å². The minimum atomic E-state index is -4.10. The van der Waals surface area contributed by atoms with Crippen LogP contribution in [0.3, 0.4) is 0 Å². The number of imide groups is 1. The number of ether oxygens (including phenoxy) is 1. The number of nitrogens with one attached hydrogen (secondary N) is 1. The lowest BCUT2D eigenvalue weighted by atomic mass is 10.2. The van der Waals surface area contributed by atoms with Crippen LogP contribution >= 0.6 is 23.2 Å². The Hall–Kier alpha value is -1.88. The first-order chi connectivity index (χ1) is 13.2. The quantitative estimate of drug-likeness (QED) is 0.691. The molecule has 12 heteroatoms. The van der Waals surface area contributed by atoms with Crippen LogP contribution in [0.5, 0.6) is 0 Å². The van der Waals surface area contributed by atoms with Gasteiger partial charge >= 0.3 is 12.0 Å². The molecular weight excluding hydrogens is 433 g/mol. The molecule has 9 nitrogen and oxygen atoms in total. The molecule has 0 saturated carbocycles. The number of carbonyl (C=O) groups excluding carboxylic acids is 3. The number of nitrogens with zero attached hydrogens (tertiary/aromatic N) is 2. The van der Waals surface area contributed by atoms with Gasteiger partial charge in [0.25, 0.3) is 0 Å². The molecule has 28 heavy (non-hydrogen) atoms. The fourth-order valence-electron chi connectivity index (χ4n) is 3.33. The summed E-state index contributed by atoms with van der Waals surface area (Å²) in [5.74, 6) is -1.54. The van der Waals surface area contributed by atoms with E-state index in [4.69, 9.17) is 23.2 Å². The first-order valence-electron chi connectivity index (χ1n) is 8.33. The number of sulfonamides is 1. The highest BCUT2D eigenvalue weighted by Gasteiger charge is 2.48. The van der Waals surface area contributed by atoms with Crippen LogP contribution in [0.15, 0.2) is 23.1 Å². The van der Waals surface area contributed by atoms with Gasteiger partial charge in [0.1, 0.15) is 6.04 Å². The van der Waals surface area contributed by atoms with Crippen molar-refractivity contribution in [2.45, 2.75) is 29.8 Å². The summed E-state index contributed by atoms with van der Waals surface area (Å²) >= 11 is 11.8. The van der Waals surface area contributed by atoms with Crippen molar-refractivity contribution in [2.75, 3.05) is 20.2 Å². The van der Waals surface area contributed by atoms with Gasteiger partial charge in [-0.15, -0.1) is 0 Å². The van der Waals surface area contributed by atoms with E-state index >= 15 is 0 Å². The Balaban J connectivity index is 1.93. The van der Waals surface area contributed by atoms with Gasteiger partial charge in [-0.2, -0.15) is 4.31 Å². The molecule has 0 bridgehead atoms. The van der Waals surface area contributed by atoms with E-state index < -0.39 is 40.0 Å². The first kappa shape index (κ1) is 20.8. The third-order valence-electron chi connectivity index (χ3n) is 4.62. The molecule has 0 spiro atoms. The van der Waals surface area contributed by atoms with Gasteiger partial charge in [0, 0.05) is 16.6 Å². The summed E-state index contributed by atoms with van der Waals surface area (Å²) in [4.78, 5) is 37.6. The van der Waals surface area contributed by atoms with Gasteiger partial charge in [-0.3, -0.25) is 4.79 Å². The van der Waals surface area contributed by atoms with Gasteiger partial charge in [0.2, 0.25) is 15.9 Å². The molecule has 2 fully saturated rings. The maximum Gasteiger partial charge on any atom is 0.331 e. The molecule has 2 aliphatic rings. The predicted octanol–water partition coefficient (Wildman–Crippen LogP) is 1.24. The number of rotatable bonds is 4. The largest absolute Gasteiger partial charge is 0.467 e. The van der Waals surface area contributed by atoms with Crippen molar-refractivity contribution in [1.82, 2.24) is 14.5 Å². The molecule has 3 amide bonds. The van der Waals surface area contributed by atoms with E-state index in [0.717, 1.165) is 16.3 Å². The van der Waals surface area contributed by atoms with Crippen molar-refractivity contribution >= 4 is 51.1 Å². The number of methoxy groups -OCH3 is 1. The monoisotopic (exact) mass is 449 g/mol. The van der Waals surface area contributed by atoms with Gasteiger partial charge in [-0.25, -0.2) is 22.9 Å². The lowest BCUT2D eigenvalue weighted by Gasteiger charge is -2.28. The van der Waals surface area contributed by atoms with Crippen LogP contribution in [0.25, 0.3) is 0 Å². The van der Waals surface area contributed by atoms with E-state index in [1.54, 1.807) is 0 Å². The van der Waals surface area contributed by atoms with Gasteiger partial charge in [-0.05, 0) is 31.0 Å². The molecule has 0 aliphatic carbocycles. The van der Waals surface area contributed by atoms with Gasteiger partial charge < -0.3 is 10.1 Å². The van der Waals surface area contributed by atoms with Gasteiger partial charge in [0.15, 0.2) is 6.04 Å². The maximum absolute atomic E-state index is 13.1. The second kappa shape index (κ2) is 7.86. The molecule has 2 saturated heterocycles. The Kier molecular flexibility index (Phi) is 5.85. The van der Waals surface area contributed by atoms with E-state index in [-0.39, 0.29) is 34.5 Å². The molecule has 1 aromatic rings. The summed E-state index contributed by atoms with van der Waals surface area (Å²) < 4.78 is 31.8. The zero-order valence-electron chi connectivity index (χ0n) is 14.7. The SMILES string of the molecule is COC(=O)[C@@H]1CNC(=O)N1C(=O)[C@@H]1CCCN1S(=O)(=O)c1cc(Cl)cc(Cl)c1. The van der Waals surface area contributed by atoms with E-state index in [1.807, 2.05) is 0 Å². The Bertz CT molecular complexity index is 918. The highest BCUT2D eigenvalue weighted by Crippen LogP contribution is 2.31. The molecule has 2 heterocycles. The van der Waals surface area contributed by atoms with Crippen LogP contribution in [0.1, 0.15) is 12.8 Å². The molecule has 152 valence electrons. The molecule has 1 aromatic carbocycles. The average Bonchev–Trinajstić information content (AvgIpc) is 3.27. The van der Waals surface area contributed by atoms with E-state index in [2.05, 4.69) is 10.1 Å². The van der Waals surface area contributed by atoms with Crippen molar-refractivity contribution in [1.29, 1.82) is 0 Å². The molecule has 2 atom stereocenters. The molecule has 1 N–H and O–H groups in total. The van der Waals surface area contributed by atoms with Crippen LogP contribution in [-0.2, 0) is 24.3 Å². The third kappa shape index (κ3) is 3.69. The third-order valence-corrected chi connectivity index (χ3v) is 6.94. The zero-order chi connectivity index (χ0) is 20.6. The highest BCUT2D eigenvalue weighted by molar-refractivity contribution is 7.89. The number of benzene rings is 1. The second-order valence-corrected chi connectivity index (χ2v) is 9.08. The molecule has 3 rings (SSSR count). The standard InChI is InChI=1S/C16H17Cl2N3O6S/c1-27-15(23)13-8-19-16(24)21(13)14(22)12-3-2-4-20(12)28(25,26)11-6-9(17)5-10(18)7-11/h5-7,12-13H,2-4,8H2,1H3,(H,19,24)/t12-,13-/m0/s1. The van der Waals surface area contributed by atoms with Gasteiger partial charge in [-0.1, -0.05) is 23.2 Å². The van der Waals surface area contributed by atoms with Crippen molar-refractivity contribution in [3.8, 4) is 0 Å². The second-order valence-electron chi connectivity index (χ2n) is 6.31. The number of carbonyl (C=O) groups is 3. The van der Waals surface area contributed by atoms with Crippen LogP contribution in [-0.4, -0.2) is 67.8 Å². The molecule has 0 radical (unpaired) electrons. The molecular formula is C16H17Cl2N3O6S. The number of hydrogen-bond donors (Lipinski definition) is 1. The van der Waals surface area contributed by atoms with E-state index in [9.17, 15) is 22.8 Å². The van der Waals surface area contributed by atoms with Crippen LogP contribution in [0, 0.1) is 0 Å². The summed E-state index contributed by atoms with van der Waals surface area (Å²) in [6.07, 6.45) is 0.631. The summed E-state index contributed by atoms with van der Waals surface area (Å²) in [5, 5.41) is 2.68. The Morgan fingerprint density at radius 1 is 1.18 bits per heavy atom. The van der Waals surface area contributed by atoms with Crippen molar-refractivity contribution < 1.29 is 27.5 Å². The fourth-order valence-corrected chi connectivity index (χ4v) is 5.71. The lowest BCUT2D eigenvalue weighted by molar-refractivity contribution is -0.149. The Labute approximate surface area is 171 Å². The van der Waals surface area contributed by atoms with E-state index in [1.165, 1.54) is 18.2 Å². The average molecular weight is 450 g/mol.